The summed E-state index contributed by atoms with van der Waals surface area (Å²) in [5.41, 5.74) is 11.2. The molecule has 0 bridgehead atoms. The molecule has 3 N–H and O–H groups in total. The molecule has 0 saturated carbocycles. The van der Waals surface area contributed by atoms with Gasteiger partial charge in [-0.3, -0.25) is 4.79 Å². The Balaban J connectivity index is 1.67. The van der Waals surface area contributed by atoms with Gasteiger partial charge in [0.2, 0.25) is 5.91 Å². The molecule has 1 heterocycles. The van der Waals surface area contributed by atoms with Crippen LogP contribution in [-0.4, -0.2) is 43.3 Å². The Bertz CT molecular complexity index is 957. The zero-order chi connectivity index (χ0) is 23.1. The van der Waals surface area contributed by atoms with Gasteiger partial charge in [0.05, 0.1) is 0 Å². The molecule has 1 unspecified atom stereocenters. The monoisotopic (exact) mass is 447 g/mol. The number of halogens is 3. The summed E-state index contributed by atoms with van der Waals surface area (Å²) < 4.78 is 40.8. The van der Waals surface area contributed by atoms with Gasteiger partial charge in [-0.05, 0) is 30.5 Å². The van der Waals surface area contributed by atoms with Crippen molar-refractivity contribution in [3.63, 3.8) is 0 Å². The van der Waals surface area contributed by atoms with Crippen molar-refractivity contribution in [2.45, 2.75) is 38.3 Å². The third-order valence-electron chi connectivity index (χ3n) is 5.37. The van der Waals surface area contributed by atoms with Crippen molar-refractivity contribution >= 4 is 17.9 Å². The summed E-state index contributed by atoms with van der Waals surface area (Å²) in [5.74, 6) is -3.27. The molecule has 1 aliphatic heterocycles. The molecule has 1 amide bonds. The second-order valence-corrected chi connectivity index (χ2v) is 7.89. The summed E-state index contributed by atoms with van der Waals surface area (Å²) in [4.78, 5) is 16.8. The van der Waals surface area contributed by atoms with Crippen molar-refractivity contribution in [2.75, 3.05) is 25.0 Å². The number of amides is 1. The van der Waals surface area contributed by atoms with E-state index in [4.69, 9.17) is 5.73 Å². The maximum atomic E-state index is 13.7. The third-order valence-corrected chi connectivity index (χ3v) is 5.37. The van der Waals surface area contributed by atoms with Crippen LogP contribution in [0.1, 0.15) is 31.2 Å². The van der Waals surface area contributed by atoms with Crippen LogP contribution >= 0.6 is 0 Å². The van der Waals surface area contributed by atoms with E-state index in [2.05, 4.69) is 10.5 Å². The summed E-state index contributed by atoms with van der Waals surface area (Å²) in [6.45, 7) is 1.66. The number of nitrogens with two attached hydrogens (primary N) is 1. The van der Waals surface area contributed by atoms with E-state index < -0.39 is 23.5 Å². The maximum absolute atomic E-state index is 13.7. The quantitative estimate of drug-likeness (QED) is 0.395. The highest BCUT2D eigenvalue weighted by atomic mass is 19.2. The standard InChI is InChI=1S/C23H28F3N5O/c1-28-29-15-31-8-4-7-30(14-17-5-2-3-6-22(17)31)23(32)13-19(27)10-16-9-18(24)12-21(26)20(25)11-16/h2-3,5-6,11-12,15,19,28H,4,7-10,13-14,27H2,1H3/b29-15-. The van der Waals surface area contributed by atoms with Crippen LogP contribution in [0.4, 0.5) is 18.9 Å². The fourth-order valence-electron chi connectivity index (χ4n) is 3.89. The normalized spacial score (nSPS) is 18.4. The fourth-order valence-corrected chi connectivity index (χ4v) is 3.89. The van der Waals surface area contributed by atoms with E-state index in [9.17, 15) is 18.0 Å². The Morgan fingerprint density at radius 1 is 1.22 bits per heavy atom. The lowest BCUT2D eigenvalue weighted by Gasteiger charge is -2.31. The highest BCUT2D eigenvalue weighted by Gasteiger charge is 2.23. The van der Waals surface area contributed by atoms with Crippen molar-refractivity contribution in [3.8, 4) is 0 Å². The van der Waals surface area contributed by atoms with Crippen molar-refractivity contribution in [3.05, 3.63) is 65.0 Å². The van der Waals surface area contributed by atoms with Gasteiger partial charge in [0.1, 0.15) is 12.2 Å². The molecule has 0 aromatic heterocycles. The smallest absolute Gasteiger partial charge is 0.224 e. The van der Waals surface area contributed by atoms with Gasteiger partial charge in [-0.25, -0.2) is 13.2 Å². The molecule has 9 heteroatoms. The van der Waals surface area contributed by atoms with Gasteiger partial charge >= 0.3 is 0 Å². The first kappa shape index (κ1) is 23.6. The van der Waals surface area contributed by atoms with Crippen LogP contribution in [-0.2, 0) is 11.3 Å². The molecule has 0 spiro atoms. The molecule has 3 rings (SSSR count). The first-order valence-corrected chi connectivity index (χ1v) is 10.6. The molecule has 0 fully saturated rings. The molecule has 172 valence electrons. The summed E-state index contributed by atoms with van der Waals surface area (Å²) in [5, 5.41) is 4.10. The molecule has 1 aromatic rings. The van der Waals surface area contributed by atoms with Crippen molar-refractivity contribution in [2.24, 2.45) is 10.8 Å². The fraction of sp³-hybridized carbons (Fsp3) is 0.391. The number of nitrogens with one attached hydrogen (secondary N) is 1. The largest absolute Gasteiger partial charge is 0.338 e. The van der Waals surface area contributed by atoms with Gasteiger partial charge < -0.3 is 21.0 Å². The molecule has 1 aromatic carbocycles. The van der Waals surface area contributed by atoms with E-state index in [0.717, 1.165) is 23.7 Å². The lowest BCUT2D eigenvalue weighted by molar-refractivity contribution is -0.132. The number of para-hydroxylation sites is 1. The van der Waals surface area contributed by atoms with Gasteiger partial charge in [0, 0.05) is 57.3 Å². The Morgan fingerprint density at radius 2 is 1.97 bits per heavy atom. The Labute approximate surface area is 185 Å². The summed E-state index contributed by atoms with van der Waals surface area (Å²) in [6.07, 6.45) is 3.89. The number of carbonyl (C=O) groups excluding carboxylic acids is 1. The van der Waals surface area contributed by atoms with Crippen LogP contribution < -0.4 is 16.1 Å². The van der Waals surface area contributed by atoms with Crippen molar-refractivity contribution in [1.82, 2.24) is 10.3 Å². The molecule has 2 aliphatic rings. The number of nitrogens with zero attached hydrogens (tertiary/aromatic N) is 3. The molecule has 1 atom stereocenters. The molecule has 0 saturated heterocycles. The van der Waals surface area contributed by atoms with Crippen molar-refractivity contribution < 1.29 is 18.0 Å². The predicted octanol–water partition coefficient (Wildman–Crippen LogP) is 3.83. The Morgan fingerprint density at radius 3 is 2.75 bits per heavy atom. The minimum absolute atomic E-state index is 0.0313. The number of fused-ring (bicyclic) bond motifs is 1. The lowest BCUT2D eigenvalue weighted by Crippen LogP contribution is -2.39. The zero-order valence-corrected chi connectivity index (χ0v) is 18.0. The minimum Gasteiger partial charge on any atom is -0.338 e. The summed E-state index contributed by atoms with van der Waals surface area (Å²) in [7, 11) is 1.73. The van der Waals surface area contributed by atoms with Crippen molar-refractivity contribution in [1.29, 1.82) is 0 Å². The molecule has 6 nitrogen and oxygen atoms in total. The van der Waals surface area contributed by atoms with E-state index >= 15 is 0 Å². The first-order chi connectivity index (χ1) is 15.4. The first-order valence-electron chi connectivity index (χ1n) is 10.6. The SMILES string of the molecule is CN/N=C\N1CCCN(C(=O)CC(N)CC2=CC(F)=C(F)C=C(F)C2)Cc2ccccc21. The summed E-state index contributed by atoms with van der Waals surface area (Å²) >= 11 is 0. The number of carbonyl (C=O) groups is 1. The van der Waals surface area contributed by atoms with Crippen LogP contribution in [0.3, 0.4) is 0 Å². The van der Waals surface area contributed by atoms with E-state index in [1.165, 1.54) is 0 Å². The Hall–Kier alpha value is -3.07. The number of rotatable bonds is 6. The number of hydrogen-bond acceptors (Lipinski definition) is 4. The van der Waals surface area contributed by atoms with E-state index in [1.54, 1.807) is 18.3 Å². The van der Waals surface area contributed by atoms with Crippen LogP contribution in [0.5, 0.6) is 0 Å². The average Bonchev–Trinajstić information content (AvgIpc) is 2.84. The topological polar surface area (TPSA) is 74.0 Å². The van der Waals surface area contributed by atoms with Crippen LogP contribution in [0.25, 0.3) is 0 Å². The van der Waals surface area contributed by atoms with Gasteiger partial charge in [0.25, 0.3) is 0 Å². The van der Waals surface area contributed by atoms with Crippen LogP contribution in [0, 0.1) is 0 Å². The molecule has 0 radical (unpaired) electrons. The molecular weight excluding hydrogens is 419 g/mol. The number of benzene rings is 1. The number of anilines is 1. The predicted molar refractivity (Wildman–Crippen MR) is 120 cm³/mol. The highest BCUT2D eigenvalue weighted by molar-refractivity contribution is 5.82. The zero-order valence-electron chi connectivity index (χ0n) is 18.0. The van der Waals surface area contributed by atoms with E-state index in [1.807, 2.05) is 29.2 Å². The number of allylic oxidation sites excluding steroid dienone is 5. The number of hydrazone groups is 1. The minimum atomic E-state index is -1.24. The van der Waals surface area contributed by atoms with E-state index in [-0.39, 0.29) is 25.2 Å². The summed E-state index contributed by atoms with van der Waals surface area (Å²) in [6, 6.07) is 7.18. The molecule has 32 heavy (non-hydrogen) atoms. The van der Waals surface area contributed by atoms with E-state index in [0.29, 0.717) is 31.3 Å². The van der Waals surface area contributed by atoms with Gasteiger partial charge in [0.15, 0.2) is 11.7 Å². The molecule has 1 aliphatic carbocycles. The number of hydrogen-bond donors (Lipinski definition) is 2. The second-order valence-electron chi connectivity index (χ2n) is 7.89. The average molecular weight is 448 g/mol. The highest BCUT2D eigenvalue weighted by Crippen LogP contribution is 2.28. The van der Waals surface area contributed by atoms with Crippen LogP contribution in [0.15, 0.2) is 64.6 Å². The third kappa shape index (κ3) is 6.23. The van der Waals surface area contributed by atoms with Gasteiger partial charge in [-0.15, -0.1) is 0 Å². The van der Waals surface area contributed by atoms with Gasteiger partial charge in [-0.1, -0.05) is 23.8 Å². The Kier molecular flexibility index (Phi) is 8.10. The lowest BCUT2D eigenvalue weighted by atomic mass is 10.00. The maximum Gasteiger partial charge on any atom is 0.224 e. The van der Waals surface area contributed by atoms with Crippen LogP contribution in [0.2, 0.25) is 0 Å². The van der Waals surface area contributed by atoms with Gasteiger partial charge in [-0.2, -0.15) is 5.10 Å². The second kappa shape index (κ2) is 11.0. The molecular formula is C23H28F3N5O.